The van der Waals surface area contributed by atoms with Gasteiger partial charge in [0.2, 0.25) is 0 Å². The first-order valence-electron chi connectivity index (χ1n) is 2.92. The number of rotatable bonds is 1. The smallest absolute Gasteiger partial charge is 0.0538 e. The molecule has 0 amide bonds. The van der Waals surface area contributed by atoms with Crippen molar-refractivity contribution >= 4 is 40.4 Å². The quantitative estimate of drug-likeness (QED) is 0.364. The number of benzene rings is 1. The Balaban J connectivity index is 3.08. The Morgan fingerprint density at radius 3 is 2.73 bits per heavy atom. The van der Waals surface area contributed by atoms with Crippen LogP contribution in [-0.2, 0) is 0 Å². The molecule has 0 saturated carbocycles. The van der Waals surface area contributed by atoms with Crippen LogP contribution in [0.2, 0.25) is 5.02 Å². The summed E-state index contributed by atoms with van der Waals surface area (Å²) in [6.45, 7) is 0. The SMILES string of the molecule is NN=Cc1cc(Cl)cc(I)c1. The maximum atomic E-state index is 5.78. The van der Waals surface area contributed by atoms with Crippen LogP contribution in [0.5, 0.6) is 0 Å². The fourth-order valence-electron chi connectivity index (χ4n) is 0.736. The lowest BCUT2D eigenvalue weighted by Gasteiger charge is -1.95. The number of halogens is 2. The lowest BCUT2D eigenvalue weighted by molar-refractivity contribution is 1.26. The van der Waals surface area contributed by atoms with Crippen LogP contribution in [0.25, 0.3) is 0 Å². The van der Waals surface area contributed by atoms with E-state index in [-0.39, 0.29) is 0 Å². The minimum atomic E-state index is 0.701. The molecule has 0 aliphatic carbocycles. The molecular formula is C7H6ClIN2. The van der Waals surface area contributed by atoms with Crippen molar-refractivity contribution in [2.45, 2.75) is 0 Å². The standard InChI is InChI=1S/C7H6ClIN2/c8-6-1-5(4-11-10)2-7(9)3-6/h1-4H,10H2. The number of hydrogen-bond acceptors (Lipinski definition) is 2. The Morgan fingerprint density at radius 2 is 2.18 bits per heavy atom. The van der Waals surface area contributed by atoms with E-state index in [1.807, 2.05) is 12.1 Å². The van der Waals surface area contributed by atoms with Gasteiger partial charge in [-0.1, -0.05) is 11.6 Å². The van der Waals surface area contributed by atoms with Gasteiger partial charge in [0.05, 0.1) is 6.21 Å². The minimum absolute atomic E-state index is 0.701. The van der Waals surface area contributed by atoms with Crippen LogP contribution in [0.3, 0.4) is 0 Å². The van der Waals surface area contributed by atoms with Crippen molar-refractivity contribution in [2.24, 2.45) is 10.9 Å². The van der Waals surface area contributed by atoms with Gasteiger partial charge in [-0.2, -0.15) is 5.10 Å². The van der Waals surface area contributed by atoms with Gasteiger partial charge in [-0.15, -0.1) is 0 Å². The summed E-state index contributed by atoms with van der Waals surface area (Å²) in [4.78, 5) is 0. The summed E-state index contributed by atoms with van der Waals surface area (Å²) >= 11 is 7.96. The van der Waals surface area contributed by atoms with Gasteiger partial charge in [0, 0.05) is 8.59 Å². The summed E-state index contributed by atoms with van der Waals surface area (Å²) in [5, 5.41) is 4.10. The number of nitrogens with zero attached hydrogens (tertiary/aromatic N) is 1. The van der Waals surface area contributed by atoms with E-state index in [1.165, 1.54) is 0 Å². The zero-order valence-electron chi connectivity index (χ0n) is 5.59. The first-order chi connectivity index (χ1) is 5.22. The maximum absolute atomic E-state index is 5.78. The van der Waals surface area contributed by atoms with Gasteiger partial charge in [0.1, 0.15) is 0 Å². The summed E-state index contributed by atoms with van der Waals surface area (Å²) in [5.74, 6) is 4.98. The van der Waals surface area contributed by atoms with Crippen LogP contribution in [-0.4, -0.2) is 6.21 Å². The van der Waals surface area contributed by atoms with Crippen LogP contribution in [0.15, 0.2) is 23.3 Å². The predicted molar refractivity (Wildman–Crippen MR) is 56.0 cm³/mol. The van der Waals surface area contributed by atoms with Gasteiger partial charge < -0.3 is 5.84 Å². The number of hydrogen-bond donors (Lipinski definition) is 1. The molecule has 0 saturated heterocycles. The summed E-state index contributed by atoms with van der Waals surface area (Å²) in [6.07, 6.45) is 1.56. The van der Waals surface area contributed by atoms with E-state index >= 15 is 0 Å². The van der Waals surface area contributed by atoms with E-state index < -0.39 is 0 Å². The molecule has 2 nitrogen and oxygen atoms in total. The Morgan fingerprint density at radius 1 is 1.45 bits per heavy atom. The van der Waals surface area contributed by atoms with Crippen molar-refractivity contribution in [1.82, 2.24) is 0 Å². The van der Waals surface area contributed by atoms with Crippen LogP contribution in [0, 0.1) is 3.57 Å². The van der Waals surface area contributed by atoms with Crippen molar-refractivity contribution < 1.29 is 0 Å². The third kappa shape index (κ3) is 2.67. The molecule has 1 rings (SSSR count). The normalized spacial score (nSPS) is 10.7. The first-order valence-corrected chi connectivity index (χ1v) is 4.37. The van der Waals surface area contributed by atoms with Crippen molar-refractivity contribution in [2.75, 3.05) is 0 Å². The molecule has 0 heterocycles. The molecule has 0 aliphatic heterocycles. The van der Waals surface area contributed by atoms with Crippen LogP contribution < -0.4 is 5.84 Å². The molecule has 0 unspecified atom stereocenters. The van der Waals surface area contributed by atoms with E-state index in [1.54, 1.807) is 12.3 Å². The van der Waals surface area contributed by atoms with E-state index in [0.717, 1.165) is 9.13 Å². The van der Waals surface area contributed by atoms with Gasteiger partial charge in [0.25, 0.3) is 0 Å². The molecular weight excluding hydrogens is 274 g/mol. The Hall–Kier alpha value is -0.290. The second-order valence-corrected chi connectivity index (χ2v) is 3.66. The molecule has 0 aromatic heterocycles. The number of nitrogens with two attached hydrogens (primary N) is 1. The fraction of sp³-hybridized carbons (Fsp3) is 0. The van der Waals surface area contributed by atoms with Gasteiger partial charge in [0.15, 0.2) is 0 Å². The van der Waals surface area contributed by atoms with E-state index in [2.05, 4.69) is 27.7 Å². The second kappa shape index (κ2) is 3.92. The average molecular weight is 280 g/mol. The van der Waals surface area contributed by atoms with E-state index in [9.17, 15) is 0 Å². The molecule has 4 heteroatoms. The van der Waals surface area contributed by atoms with Crippen LogP contribution in [0.1, 0.15) is 5.56 Å². The lowest BCUT2D eigenvalue weighted by atomic mass is 10.2. The molecule has 2 N–H and O–H groups in total. The van der Waals surface area contributed by atoms with Crippen molar-refractivity contribution in [1.29, 1.82) is 0 Å². The third-order valence-corrected chi connectivity index (χ3v) is 1.95. The average Bonchev–Trinajstić information content (AvgIpc) is 1.85. The molecule has 0 bridgehead atoms. The second-order valence-electron chi connectivity index (χ2n) is 1.98. The van der Waals surface area contributed by atoms with Gasteiger partial charge in [-0.05, 0) is 46.4 Å². The molecule has 1 aromatic carbocycles. The van der Waals surface area contributed by atoms with Crippen molar-refractivity contribution in [3.63, 3.8) is 0 Å². The molecule has 1 aromatic rings. The molecule has 0 aliphatic rings. The van der Waals surface area contributed by atoms with E-state index in [0.29, 0.717) is 5.02 Å². The van der Waals surface area contributed by atoms with Gasteiger partial charge in [-0.25, -0.2) is 0 Å². The summed E-state index contributed by atoms with van der Waals surface area (Å²) in [5.41, 5.74) is 0.921. The largest absolute Gasteiger partial charge is 0.323 e. The molecule has 0 atom stereocenters. The molecule has 58 valence electrons. The zero-order valence-corrected chi connectivity index (χ0v) is 8.50. The molecule has 0 radical (unpaired) electrons. The van der Waals surface area contributed by atoms with E-state index in [4.69, 9.17) is 17.4 Å². The van der Waals surface area contributed by atoms with Crippen molar-refractivity contribution in [3.8, 4) is 0 Å². The number of hydrazone groups is 1. The highest BCUT2D eigenvalue weighted by Crippen LogP contribution is 2.15. The minimum Gasteiger partial charge on any atom is -0.323 e. The Labute approximate surface area is 83.6 Å². The Bertz CT molecular complexity index is 266. The highest BCUT2D eigenvalue weighted by molar-refractivity contribution is 14.1. The van der Waals surface area contributed by atoms with Crippen molar-refractivity contribution in [3.05, 3.63) is 32.4 Å². The summed E-state index contributed by atoms with van der Waals surface area (Å²) in [7, 11) is 0. The Kier molecular flexibility index (Phi) is 3.14. The van der Waals surface area contributed by atoms with Gasteiger partial charge >= 0.3 is 0 Å². The maximum Gasteiger partial charge on any atom is 0.0538 e. The third-order valence-electron chi connectivity index (χ3n) is 1.11. The summed E-state index contributed by atoms with van der Waals surface area (Å²) in [6, 6.07) is 5.62. The topological polar surface area (TPSA) is 38.4 Å². The summed E-state index contributed by atoms with van der Waals surface area (Å²) < 4.78 is 1.07. The lowest BCUT2D eigenvalue weighted by Crippen LogP contribution is -1.86. The fourth-order valence-corrected chi connectivity index (χ4v) is 1.86. The highest BCUT2D eigenvalue weighted by Gasteiger charge is 1.93. The zero-order chi connectivity index (χ0) is 8.27. The van der Waals surface area contributed by atoms with Crippen LogP contribution in [0.4, 0.5) is 0 Å². The predicted octanol–water partition coefficient (Wildman–Crippen LogP) is 2.24. The van der Waals surface area contributed by atoms with Gasteiger partial charge in [-0.3, -0.25) is 0 Å². The first kappa shape index (κ1) is 8.80. The molecule has 11 heavy (non-hydrogen) atoms. The van der Waals surface area contributed by atoms with Crippen LogP contribution >= 0.6 is 34.2 Å². The molecule has 0 fully saturated rings. The molecule has 0 spiro atoms. The monoisotopic (exact) mass is 280 g/mol. The highest BCUT2D eigenvalue weighted by atomic mass is 127.